The Bertz CT molecular complexity index is 494. The zero-order valence-electron chi connectivity index (χ0n) is 9.23. The number of aryl methyl sites for hydroxylation is 1. The first-order valence-electron chi connectivity index (χ1n) is 4.88. The molecule has 0 saturated carbocycles. The van der Waals surface area contributed by atoms with Crippen LogP contribution in [0.5, 0.6) is 0 Å². The third-order valence-corrected chi connectivity index (χ3v) is 2.18. The Morgan fingerprint density at radius 1 is 1.44 bits per heavy atom. The summed E-state index contributed by atoms with van der Waals surface area (Å²) in [6.45, 7) is 2.31. The van der Waals surface area contributed by atoms with Gasteiger partial charge in [0.2, 0.25) is 0 Å². The van der Waals surface area contributed by atoms with Gasteiger partial charge in [0.1, 0.15) is 6.61 Å². The van der Waals surface area contributed by atoms with Crippen LogP contribution >= 0.6 is 0 Å². The Kier molecular flexibility index (Phi) is 2.87. The summed E-state index contributed by atoms with van der Waals surface area (Å²) in [5.74, 6) is 0.937. The Morgan fingerprint density at radius 2 is 2.25 bits per heavy atom. The van der Waals surface area contributed by atoms with E-state index < -0.39 is 0 Å². The molecular weight excluding hydrogens is 206 g/mol. The lowest BCUT2D eigenvalue weighted by Crippen LogP contribution is -1.92. The van der Waals surface area contributed by atoms with E-state index in [2.05, 4.69) is 10.1 Å². The smallest absolute Gasteiger partial charge is 0.260 e. The SMILES string of the molecule is COCc1noc(-c2cc(C)ccc2N)n1. The largest absolute Gasteiger partial charge is 0.398 e. The second-order valence-electron chi connectivity index (χ2n) is 3.54. The lowest BCUT2D eigenvalue weighted by atomic mass is 10.1. The van der Waals surface area contributed by atoms with Gasteiger partial charge in [-0.25, -0.2) is 0 Å². The van der Waals surface area contributed by atoms with Crippen LogP contribution in [0, 0.1) is 6.92 Å². The lowest BCUT2D eigenvalue weighted by Gasteiger charge is -2.01. The van der Waals surface area contributed by atoms with E-state index in [0.717, 1.165) is 11.1 Å². The van der Waals surface area contributed by atoms with Crippen LogP contribution in [-0.4, -0.2) is 17.3 Å². The Morgan fingerprint density at radius 3 is 3.00 bits per heavy atom. The maximum atomic E-state index is 5.85. The van der Waals surface area contributed by atoms with Gasteiger partial charge < -0.3 is 15.0 Å². The maximum Gasteiger partial charge on any atom is 0.260 e. The maximum absolute atomic E-state index is 5.85. The van der Waals surface area contributed by atoms with Gasteiger partial charge in [-0.05, 0) is 19.1 Å². The number of hydrogen-bond acceptors (Lipinski definition) is 5. The predicted octanol–water partition coefficient (Wildman–Crippen LogP) is 1.77. The van der Waals surface area contributed by atoms with Gasteiger partial charge in [0.25, 0.3) is 5.89 Å². The molecule has 5 nitrogen and oxygen atoms in total. The van der Waals surface area contributed by atoms with Gasteiger partial charge in [0.05, 0.1) is 5.56 Å². The molecule has 0 atom stereocenters. The van der Waals surface area contributed by atoms with E-state index in [9.17, 15) is 0 Å². The second-order valence-corrected chi connectivity index (χ2v) is 3.54. The molecule has 2 rings (SSSR count). The summed E-state index contributed by atoms with van der Waals surface area (Å²) in [5.41, 5.74) is 8.32. The normalized spacial score (nSPS) is 10.6. The number of rotatable bonds is 3. The van der Waals surface area contributed by atoms with Crippen molar-refractivity contribution in [1.82, 2.24) is 10.1 Å². The van der Waals surface area contributed by atoms with Gasteiger partial charge in [0, 0.05) is 12.8 Å². The number of aromatic nitrogens is 2. The number of anilines is 1. The molecule has 1 aromatic carbocycles. The summed E-state index contributed by atoms with van der Waals surface area (Å²) in [7, 11) is 1.58. The van der Waals surface area contributed by atoms with Gasteiger partial charge in [0.15, 0.2) is 5.82 Å². The number of ether oxygens (including phenoxy) is 1. The highest BCUT2D eigenvalue weighted by Gasteiger charge is 2.11. The highest BCUT2D eigenvalue weighted by atomic mass is 16.5. The average Bonchev–Trinajstić information content (AvgIpc) is 2.71. The van der Waals surface area contributed by atoms with Crippen LogP contribution in [-0.2, 0) is 11.3 Å². The zero-order chi connectivity index (χ0) is 11.5. The fourth-order valence-corrected chi connectivity index (χ4v) is 1.41. The van der Waals surface area contributed by atoms with Crippen LogP contribution < -0.4 is 5.73 Å². The van der Waals surface area contributed by atoms with E-state index in [4.69, 9.17) is 15.0 Å². The molecule has 5 heteroatoms. The minimum absolute atomic E-state index is 0.329. The molecule has 2 N–H and O–H groups in total. The van der Waals surface area contributed by atoms with E-state index >= 15 is 0 Å². The number of hydrogen-bond donors (Lipinski definition) is 1. The number of nitrogen functional groups attached to an aromatic ring is 1. The molecule has 0 unspecified atom stereocenters. The fraction of sp³-hybridized carbons (Fsp3) is 0.273. The van der Waals surface area contributed by atoms with Crippen molar-refractivity contribution in [3.8, 4) is 11.5 Å². The molecule has 0 radical (unpaired) electrons. The molecule has 0 amide bonds. The standard InChI is InChI=1S/C11H13N3O2/c1-7-3-4-9(12)8(5-7)11-13-10(6-15-2)14-16-11/h3-5H,6,12H2,1-2H3. The minimum Gasteiger partial charge on any atom is -0.398 e. The van der Waals surface area contributed by atoms with Crippen LogP contribution in [0.1, 0.15) is 11.4 Å². The summed E-state index contributed by atoms with van der Waals surface area (Å²) in [4.78, 5) is 4.19. The topological polar surface area (TPSA) is 74.2 Å². The summed E-state index contributed by atoms with van der Waals surface area (Å²) in [5, 5.41) is 3.79. The molecule has 0 aliphatic heterocycles. The third-order valence-electron chi connectivity index (χ3n) is 2.18. The molecule has 0 aliphatic carbocycles. The van der Waals surface area contributed by atoms with Crippen molar-refractivity contribution >= 4 is 5.69 Å². The van der Waals surface area contributed by atoms with E-state index in [1.54, 1.807) is 7.11 Å². The van der Waals surface area contributed by atoms with Crippen molar-refractivity contribution in [3.63, 3.8) is 0 Å². The Labute approximate surface area is 93.2 Å². The lowest BCUT2D eigenvalue weighted by molar-refractivity contribution is 0.174. The van der Waals surface area contributed by atoms with Crippen molar-refractivity contribution in [2.45, 2.75) is 13.5 Å². The first kappa shape index (κ1) is 10.6. The quantitative estimate of drug-likeness (QED) is 0.796. The molecule has 0 bridgehead atoms. The second kappa shape index (κ2) is 4.32. The zero-order valence-corrected chi connectivity index (χ0v) is 9.23. The monoisotopic (exact) mass is 219 g/mol. The first-order valence-corrected chi connectivity index (χ1v) is 4.88. The van der Waals surface area contributed by atoms with E-state index in [1.165, 1.54) is 0 Å². The molecule has 0 aliphatic rings. The van der Waals surface area contributed by atoms with Gasteiger partial charge >= 0.3 is 0 Å². The summed E-state index contributed by atoms with van der Waals surface area (Å²) in [6, 6.07) is 5.68. The van der Waals surface area contributed by atoms with E-state index in [0.29, 0.717) is 24.0 Å². The number of nitrogens with two attached hydrogens (primary N) is 1. The van der Waals surface area contributed by atoms with Crippen LogP contribution in [0.4, 0.5) is 5.69 Å². The Balaban J connectivity index is 2.38. The van der Waals surface area contributed by atoms with Gasteiger partial charge in [-0.2, -0.15) is 4.98 Å². The molecule has 0 fully saturated rings. The Hall–Kier alpha value is -1.88. The molecule has 84 valence electrons. The number of methoxy groups -OCH3 is 1. The predicted molar refractivity (Wildman–Crippen MR) is 59.6 cm³/mol. The molecule has 16 heavy (non-hydrogen) atoms. The third kappa shape index (κ3) is 2.04. The average molecular weight is 219 g/mol. The van der Waals surface area contributed by atoms with Crippen LogP contribution in [0.15, 0.2) is 22.7 Å². The molecule has 1 heterocycles. The van der Waals surface area contributed by atoms with Crippen molar-refractivity contribution in [3.05, 3.63) is 29.6 Å². The van der Waals surface area contributed by atoms with Gasteiger partial charge in [-0.3, -0.25) is 0 Å². The molecule has 1 aromatic heterocycles. The summed E-state index contributed by atoms with van der Waals surface area (Å²) < 4.78 is 10.0. The van der Waals surface area contributed by atoms with Crippen molar-refractivity contribution in [1.29, 1.82) is 0 Å². The van der Waals surface area contributed by atoms with Gasteiger partial charge in [-0.1, -0.05) is 16.8 Å². The minimum atomic E-state index is 0.329. The summed E-state index contributed by atoms with van der Waals surface area (Å²) >= 11 is 0. The number of benzene rings is 1. The number of nitrogens with zero attached hydrogens (tertiary/aromatic N) is 2. The van der Waals surface area contributed by atoms with Crippen LogP contribution in [0.2, 0.25) is 0 Å². The van der Waals surface area contributed by atoms with Gasteiger partial charge in [-0.15, -0.1) is 0 Å². The highest BCUT2D eigenvalue weighted by Crippen LogP contribution is 2.25. The van der Waals surface area contributed by atoms with E-state index in [-0.39, 0.29) is 0 Å². The molecular formula is C11H13N3O2. The first-order chi connectivity index (χ1) is 7.70. The van der Waals surface area contributed by atoms with Crippen LogP contribution in [0.25, 0.3) is 11.5 Å². The molecule has 2 aromatic rings. The molecule has 0 spiro atoms. The fourth-order valence-electron chi connectivity index (χ4n) is 1.41. The van der Waals surface area contributed by atoms with Crippen LogP contribution in [0.3, 0.4) is 0 Å². The van der Waals surface area contributed by atoms with Crippen molar-refractivity contribution in [2.75, 3.05) is 12.8 Å². The van der Waals surface area contributed by atoms with Crippen molar-refractivity contribution in [2.24, 2.45) is 0 Å². The highest BCUT2D eigenvalue weighted by molar-refractivity contribution is 5.70. The summed E-state index contributed by atoms with van der Waals surface area (Å²) in [6.07, 6.45) is 0. The molecule has 0 saturated heterocycles. The van der Waals surface area contributed by atoms with E-state index in [1.807, 2.05) is 25.1 Å². The van der Waals surface area contributed by atoms with Crippen molar-refractivity contribution < 1.29 is 9.26 Å².